The van der Waals surface area contributed by atoms with Crippen molar-refractivity contribution in [2.75, 3.05) is 19.8 Å². The van der Waals surface area contributed by atoms with E-state index in [4.69, 9.17) is 4.74 Å². The van der Waals surface area contributed by atoms with Crippen LogP contribution in [0.1, 0.15) is 71.6 Å². The second-order valence-electron chi connectivity index (χ2n) is 8.02. The summed E-state index contributed by atoms with van der Waals surface area (Å²) in [4.78, 5) is 23.3. The Morgan fingerprint density at radius 1 is 1.03 bits per heavy atom. The zero-order chi connectivity index (χ0) is 21.6. The molecule has 170 valence electrons. The van der Waals surface area contributed by atoms with Crippen LogP contribution in [0.25, 0.3) is 0 Å². The van der Waals surface area contributed by atoms with Crippen LogP contribution >= 0.6 is 0 Å². The minimum absolute atomic E-state index is 0.0492. The Morgan fingerprint density at radius 2 is 1.76 bits per heavy atom. The van der Waals surface area contributed by atoms with Gasteiger partial charge in [0.1, 0.15) is 6.10 Å². The molecular formula is C21H40N2O6. The van der Waals surface area contributed by atoms with Crippen molar-refractivity contribution in [3.8, 4) is 0 Å². The van der Waals surface area contributed by atoms with E-state index in [1.165, 1.54) is 26.2 Å². The number of hydrogen-bond donors (Lipinski definition) is 5. The lowest BCUT2D eigenvalue weighted by Gasteiger charge is -2.42. The smallest absolute Gasteiger partial charge is 0.219 e. The largest absolute Gasteiger partial charge is 0.396 e. The van der Waals surface area contributed by atoms with Crippen LogP contribution in [0.3, 0.4) is 0 Å². The number of amides is 2. The Hall–Kier alpha value is -1.22. The summed E-state index contributed by atoms with van der Waals surface area (Å²) in [6.07, 6.45) is 5.18. The van der Waals surface area contributed by atoms with Crippen LogP contribution in [-0.2, 0) is 14.3 Å². The Kier molecular flexibility index (Phi) is 13.1. The topological polar surface area (TPSA) is 128 Å². The molecule has 0 saturated heterocycles. The maximum absolute atomic E-state index is 11.8. The highest BCUT2D eigenvalue weighted by Crippen LogP contribution is 2.28. The lowest BCUT2D eigenvalue weighted by molar-refractivity contribution is -0.142. The molecule has 5 unspecified atom stereocenters. The number of unbranched alkanes of at least 4 members (excludes halogenated alkanes) is 5. The predicted octanol–water partition coefficient (Wildman–Crippen LogP) is 0.867. The first-order chi connectivity index (χ1) is 13.9. The van der Waals surface area contributed by atoms with E-state index in [1.807, 2.05) is 0 Å². The van der Waals surface area contributed by atoms with Crippen LogP contribution in [0.15, 0.2) is 0 Å². The number of ether oxygens (including phenoxy) is 1. The number of aliphatic hydroxyl groups is 3. The van der Waals surface area contributed by atoms with Crippen LogP contribution in [0, 0.1) is 5.92 Å². The first-order valence-corrected chi connectivity index (χ1v) is 11.0. The fourth-order valence-electron chi connectivity index (χ4n) is 3.73. The molecule has 1 aliphatic rings. The van der Waals surface area contributed by atoms with Gasteiger partial charge in [-0.1, -0.05) is 32.6 Å². The normalized spacial score (nSPS) is 26.9. The summed E-state index contributed by atoms with van der Waals surface area (Å²) in [5.74, 6) is -0.764. The summed E-state index contributed by atoms with van der Waals surface area (Å²) in [6.45, 7) is 4.37. The first kappa shape index (κ1) is 25.8. The van der Waals surface area contributed by atoms with E-state index in [1.54, 1.807) is 0 Å². The molecule has 0 radical (unpaired) electrons. The summed E-state index contributed by atoms with van der Waals surface area (Å²) in [7, 11) is 0. The van der Waals surface area contributed by atoms with Gasteiger partial charge >= 0.3 is 0 Å². The third-order valence-corrected chi connectivity index (χ3v) is 5.47. The number of carbonyl (C=O) groups excluding carboxylic acids is 2. The minimum Gasteiger partial charge on any atom is -0.396 e. The van der Waals surface area contributed by atoms with E-state index < -0.39 is 30.3 Å². The second kappa shape index (κ2) is 14.7. The van der Waals surface area contributed by atoms with Crippen molar-refractivity contribution < 1.29 is 29.6 Å². The number of nitrogens with one attached hydrogen (secondary N) is 2. The van der Waals surface area contributed by atoms with Crippen LogP contribution in [0.2, 0.25) is 0 Å². The van der Waals surface area contributed by atoms with Crippen molar-refractivity contribution >= 4 is 11.8 Å². The average Bonchev–Trinajstić information content (AvgIpc) is 2.69. The number of carbonyl (C=O) groups is 2. The zero-order valence-corrected chi connectivity index (χ0v) is 17.9. The van der Waals surface area contributed by atoms with Gasteiger partial charge in [0.05, 0.1) is 18.2 Å². The molecule has 5 N–H and O–H groups in total. The average molecular weight is 417 g/mol. The predicted molar refractivity (Wildman–Crippen MR) is 110 cm³/mol. The Morgan fingerprint density at radius 3 is 2.41 bits per heavy atom. The SMILES string of the molecule is CCCCCCCNC(=O)CCCCOC1CC(CO)C(O)C(O)C1NC(C)=O. The van der Waals surface area contributed by atoms with Gasteiger partial charge in [-0.3, -0.25) is 9.59 Å². The minimum atomic E-state index is -1.20. The maximum atomic E-state index is 11.8. The van der Waals surface area contributed by atoms with Crippen molar-refractivity contribution in [1.82, 2.24) is 10.6 Å². The third-order valence-electron chi connectivity index (χ3n) is 5.47. The van der Waals surface area contributed by atoms with Crippen LogP contribution in [0.4, 0.5) is 0 Å². The molecule has 1 saturated carbocycles. The van der Waals surface area contributed by atoms with Gasteiger partial charge < -0.3 is 30.7 Å². The van der Waals surface area contributed by atoms with Gasteiger partial charge in [0.15, 0.2) is 0 Å². The molecule has 0 spiro atoms. The van der Waals surface area contributed by atoms with Gasteiger partial charge in [0.25, 0.3) is 0 Å². The van der Waals surface area contributed by atoms with E-state index in [2.05, 4.69) is 17.6 Å². The van der Waals surface area contributed by atoms with Crippen LogP contribution in [-0.4, -0.2) is 71.2 Å². The molecule has 8 nitrogen and oxygen atoms in total. The molecular weight excluding hydrogens is 376 g/mol. The monoisotopic (exact) mass is 416 g/mol. The summed E-state index contributed by atoms with van der Waals surface area (Å²) in [5, 5.41) is 35.3. The number of hydrogen-bond acceptors (Lipinski definition) is 6. The molecule has 0 heterocycles. The molecule has 5 atom stereocenters. The molecule has 1 aliphatic carbocycles. The lowest BCUT2D eigenvalue weighted by Crippen LogP contribution is -2.61. The van der Waals surface area contributed by atoms with Gasteiger partial charge in [0, 0.05) is 39.0 Å². The van der Waals surface area contributed by atoms with E-state index in [-0.39, 0.29) is 18.4 Å². The highest BCUT2D eigenvalue weighted by atomic mass is 16.5. The molecule has 0 aliphatic heterocycles. The lowest BCUT2D eigenvalue weighted by atomic mass is 9.79. The highest BCUT2D eigenvalue weighted by molar-refractivity contribution is 5.75. The van der Waals surface area contributed by atoms with Gasteiger partial charge in [-0.25, -0.2) is 0 Å². The Balaban J connectivity index is 2.26. The molecule has 2 amide bonds. The Bertz CT molecular complexity index is 476. The molecule has 1 fully saturated rings. The van der Waals surface area contributed by atoms with E-state index in [9.17, 15) is 24.9 Å². The summed E-state index contributed by atoms with van der Waals surface area (Å²) >= 11 is 0. The quantitative estimate of drug-likeness (QED) is 0.267. The van der Waals surface area contributed by atoms with Gasteiger partial charge in [0.2, 0.25) is 11.8 Å². The summed E-state index contributed by atoms with van der Waals surface area (Å²) in [5.41, 5.74) is 0. The molecule has 0 aromatic carbocycles. The van der Waals surface area contributed by atoms with Gasteiger partial charge in [-0.05, 0) is 25.7 Å². The zero-order valence-electron chi connectivity index (χ0n) is 17.9. The second-order valence-corrected chi connectivity index (χ2v) is 8.02. The van der Waals surface area contributed by atoms with E-state index in [0.29, 0.717) is 32.3 Å². The molecule has 29 heavy (non-hydrogen) atoms. The maximum Gasteiger partial charge on any atom is 0.219 e. The number of aliphatic hydroxyl groups excluding tert-OH is 3. The van der Waals surface area contributed by atoms with Crippen molar-refractivity contribution in [3.05, 3.63) is 0 Å². The van der Waals surface area contributed by atoms with Gasteiger partial charge in [-0.15, -0.1) is 0 Å². The number of rotatable bonds is 14. The van der Waals surface area contributed by atoms with E-state index >= 15 is 0 Å². The molecule has 1 rings (SSSR count). The molecule has 0 aromatic heterocycles. The van der Waals surface area contributed by atoms with Crippen molar-refractivity contribution in [2.45, 2.75) is 96.0 Å². The fourth-order valence-corrected chi connectivity index (χ4v) is 3.73. The van der Waals surface area contributed by atoms with Crippen LogP contribution in [0.5, 0.6) is 0 Å². The Labute approximate surface area is 174 Å². The van der Waals surface area contributed by atoms with Gasteiger partial charge in [-0.2, -0.15) is 0 Å². The van der Waals surface area contributed by atoms with Crippen molar-refractivity contribution in [2.24, 2.45) is 5.92 Å². The fraction of sp³-hybridized carbons (Fsp3) is 0.905. The summed E-state index contributed by atoms with van der Waals surface area (Å²) < 4.78 is 5.84. The molecule has 0 bridgehead atoms. The molecule has 0 aromatic rings. The first-order valence-electron chi connectivity index (χ1n) is 11.0. The molecule has 8 heteroatoms. The van der Waals surface area contributed by atoms with Crippen molar-refractivity contribution in [1.29, 1.82) is 0 Å². The standard InChI is InChI=1S/C21H40N2O6/c1-3-4-5-6-8-11-22-18(26)10-7-9-12-29-17-13-16(14-24)20(27)21(28)19(17)23-15(2)25/h16-17,19-21,24,27-28H,3-14H2,1-2H3,(H,22,26)(H,23,25). The van der Waals surface area contributed by atoms with Crippen molar-refractivity contribution in [3.63, 3.8) is 0 Å². The summed E-state index contributed by atoms with van der Waals surface area (Å²) in [6, 6.07) is -0.721. The van der Waals surface area contributed by atoms with Crippen LogP contribution < -0.4 is 10.6 Å². The third kappa shape index (κ3) is 9.89. The highest BCUT2D eigenvalue weighted by Gasteiger charge is 2.44. The van der Waals surface area contributed by atoms with E-state index in [0.717, 1.165) is 19.4 Å².